The van der Waals surface area contributed by atoms with E-state index >= 15 is 0 Å². The van der Waals surface area contributed by atoms with E-state index in [1.54, 1.807) is 17.2 Å². The normalized spacial score (nSPS) is 27.4. The van der Waals surface area contributed by atoms with Gasteiger partial charge in [-0.05, 0) is 35.4 Å². The molecule has 174 valence electrons. The summed E-state index contributed by atoms with van der Waals surface area (Å²) in [6.07, 6.45) is -0.595. The van der Waals surface area contributed by atoms with E-state index in [-0.39, 0.29) is 0 Å². The summed E-state index contributed by atoms with van der Waals surface area (Å²) in [4.78, 5) is 32.8. The number of hydrogen-bond acceptors (Lipinski definition) is 6. The van der Waals surface area contributed by atoms with Crippen molar-refractivity contribution in [1.29, 1.82) is 0 Å². The zero-order valence-electron chi connectivity index (χ0n) is 18.8. The lowest BCUT2D eigenvalue weighted by molar-refractivity contribution is -0.148. The molecule has 4 unspecified atom stereocenters. The fraction of sp³-hybridized carbons (Fsp3) is 0.259. The number of ether oxygens (including phenoxy) is 2. The minimum absolute atomic E-state index is 0.464. The second-order valence-electron chi connectivity index (χ2n) is 8.51. The molecule has 1 heterocycles. The Balaban J connectivity index is 1.76. The van der Waals surface area contributed by atoms with Crippen LogP contribution in [0.1, 0.15) is 23.3 Å². The molecule has 0 N–H and O–H groups in total. The Hall–Kier alpha value is -3.35. The van der Waals surface area contributed by atoms with Gasteiger partial charge >= 0.3 is 11.9 Å². The quantitative estimate of drug-likeness (QED) is 0.473. The predicted octanol–water partition coefficient (Wildman–Crippen LogP) is 5.15. The molecule has 3 aromatic rings. The molecule has 1 aliphatic heterocycles. The first-order chi connectivity index (χ1) is 16.5. The smallest absolute Gasteiger partial charge is 0.310 e. The zero-order chi connectivity index (χ0) is 23.9. The van der Waals surface area contributed by atoms with Crippen LogP contribution >= 0.6 is 11.6 Å². The van der Waals surface area contributed by atoms with Gasteiger partial charge in [-0.25, -0.2) is 5.06 Å². The van der Waals surface area contributed by atoms with Crippen molar-refractivity contribution in [3.05, 3.63) is 101 Å². The molecule has 6 nitrogen and oxygen atoms in total. The predicted molar refractivity (Wildman–Crippen MR) is 127 cm³/mol. The first-order valence-electron chi connectivity index (χ1n) is 11.0. The van der Waals surface area contributed by atoms with Gasteiger partial charge < -0.3 is 9.47 Å². The van der Waals surface area contributed by atoms with E-state index in [9.17, 15) is 9.59 Å². The van der Waals surface area contributed by atoms with Gasteiger partial charge in [0.2, 0.25) is 0 Å². The summed E-state index contributed by atoms with van der Waals surface area (Å²) in [6.45, 7) is 0. The van der Waals surface area contributed by atoms with Gasteiger partial charge in [0.05, 0.1) is 43.2 Å². The number of methoxy groups -OCH3 is 2. The Morgan fingerprint density at radius 1 is 0.794 bits per heavy atom. The first-order valence-corrected chi connectivity index (χ1v) is 11.4. The van der Waals surface area contributed by atoms with Crippen molar-refractivity contribution < 1.29 is 23.9 Å². The topological polar surface area (TPSA) is 65.1 Å². The van der Waals surface area contributed by atoms with E-state index in [1.807, 2.05) is 72.8 Å². The third kappa shape index (κ3) is 3.37. The average molecular weight is 478 g/mol. The second-order valence-corrected chi connectivity index (χ2v) is 8.95. The first kappa shape index (κ1) is 22.4. The molecule has 3 aromatic carbocycles. The number of esters is 2. The van der Waals surface area contributed by atoms with Crippen LogP contribution in [-0.4, -0.2) is 26.2 Å². The van der Waals surface area contributed by atoms with E-state index in [1.165, 1.54) is 14.2 Å². The Morgan fingerprint density at radius 3 is 1.85 bits per heavy atom. The molecule has 2 aliphatic rings. The summed E-state index contributed by atoms with van der Waals surface area (Å²) < 4.78 is 10.3. The maximum absolute atomic E-state index is 13.1. The van der Waals surface area contributed by atoms with Crippen LogP contribution in [0.2, 0.25) is 5.02 Å². The number of hydroxylamine groups is 1. The van der Waals surface area contributed by atoms with Crippen LogP contribution in [0.3, 0.4) is 0 Å². The zero-order valence-corrected chi connectivity index (χ0v) is 19.5. The SMILES string of the molecule is COC(=O)C1C(C(=O)OC)C12C(c1ccccc1)ON(c1ccccc1)C2c1ccc(Cl)cc1. The number of halogens is 1. The van der Waals surface area contributed by atoms with Gasteiger partial charge in [0.15, 0.2) is 0 Å². The van der Waals surface area contributed by atoms with Crippen molar-refractivity contribution in [1.82, 2.24) is 0 Å². The molecule has 1 saturated carbocycles. The molecule has 34 heavy (non-hydrogen) atoms. The van der Waals surface area contributed by atoms with Gasteiger partial charge in [-0.2, -0.15) is 0 Å². The van der Waals surface area contributed by atoms with Crippen LogP contribution in [0.15, 0.2) is 84.9 Å². The van der Waals surface area contributed by atoms with Crippen molar-refractivity contribution >= 4 is 29.2 Å². The van der Waals surface area contributed by atoms with Crippen LogP contribution in [0.4, 0.5) is 5.69 Å². The van der Waals surface area contributed by atoms with Gasteiger partial charge in [0.1, 0.15) is 6.10 Å². The standard InChI is InChI=1S/C27H24ClNO5/c1-32-25(30)21-22(26(31)33-2)27(21)23(17-13-15-19(28)16-14-17)29(20-11-7-4-8-12-20)34-24(27)18-9-5-3-6-10-18/h3-16,21-24H,1-2H3. The van der Waals surface area contributed by atoms with Gasteiger partial charge in [-0.15, -0.1) is 0 Å². The highest BCUT2D eigenvalue weighted by Gasteiger charge is 2.83. The van der Waals surface area contributed by atoms with Crippen LogP contribution in [-0.2, 0) is 23.9 Å². The molecule has 1 aliphatic carbocycles. The molecule has 0 bridgehead atoms. The van der Waals surface area contributed by atoms with Crippen LogP contribution in [0.25, 0.3) is 0 Å². The number of carbonyl (C=O) groups excluding carboxylic acids is 2. The van der Waals surface area contributed by atoms with E-state index in [0.29, 0.717) is 5.02 Å². The minimum Gasteiger partial charge on any atom is -0.469 e. The van der Waals surface area contributed by atoms with Gasteiger partial charge in [-0.1, -0.05) is 72.3 Å². The largest absolute Gasteiger partial charge is 0.469 e. The summed E-state index contributed by atoms with van der Waals surface area (Å²) >= 11 is 6.19. The Labute approximate surface area is 202 Å². The van der Waals surface area contributed by atoms with Crippen molar-refractivity contribution in [2.45, 2.75) is 12.1 Å². The van der Waals surface area contributed by atoms with Crippen molar-refractivity contribution in [3.8, 4) is 0 Å². The second kappa shape index (κ2) is 8.78. The number of carbonyl (C=O) groups is 2. The fourth-order valence-corrected chi connectivity index (χ4v) is 5.60. The van der Waals surface area contributed by atoms with Gasteiger partial charge in [0, 0.05) is 5.02 Å². The summed E-state index contributed by atoms with van der Waals surface area (Å²) in [5, 5.41) is 2.40. The fourth-order valence-electron chi connectivity index (χ4n) is 5.47. The summed E-state index contributed by atoms with van der Waals surface area (Å²) in [6, 6.07) is 26.2. The minimum atomic E-state index is -0.953. The lowest BCUT2D eigenvalue weighted by Crippen LogP contribution is -2.28. The highest BCUT2D eigenvalue weighted by Crippen LogP contribution is 2.77. The Morgan fingerprint density at radius 2 is 1.32 bits per heavy atom. The third-order valence-electron chi connectivity index (χ3n) is 6.89. The van der Waals surface area contributed by atoms with Gasteiger partial charge in [0.25, 0.3) is 0 Å². The molecule has 1 saturated heterocycles. The molecule has 5 rings (SSSR count). The molecule has 1 spiro atoms. The highest BCUT2D eigenvalue weighted by molar-refractivity contribution is 6.30. The third-order valence-corrected chi connectivity index (χ3v) is 7.14. The summed E-state index contributed by atoms with van der Waals surface area (Å²) in [5.74, 6) is -2.42. The van der Waals surface area contributed by atoms with Crippen molar-refractivity contribution in [2.24, 2.45) is 17.3 Å². The Bertz CT molecular complexity index is 1160. The average Bonchev–Trinajstić information content (AvgIpc) is 3.44. The molecule has 2 fully saturated rings. The maximum Gasteiger partial charge on any atom is 0.310 e. The molecule has 7 heteroatoms. The molecule has 4 atom stereocenters. The lowest BCUT2D eigenvalue weighted by atomic mass is 9.80. The number of nitrogens with zero attached hydrogens (tertiary/aromatic N) is 1. The monoisotopic (exact) mass is 477 g/mol. The molecule has 0 radical (unpaired) electrons. The number of rotatable bonds is 5. The van der Waals surface area contributed by atoms with Crippen molar-refractivity contribution in [2.75, 3.05) is 19.3 Å². The van der Waals surface area contributed by atoms with E-state index < -0.39 is 41.3 Å². The van der Waals surface area contributed by atoms with Crippen LogP contribution < -0.4 is 5.06 Å². The summed E-state index contributed by atoms with van der Waals surface area (Å²) in [5.41, 5.74) is 1.58. The molecular weight excluding hydrogens is 454 g/mol. The molecule has 0 aromatic heterocycles. The summed E-state index contributed by atoms with van der Waals surface area (Å²) in [7, 11) is 2.67. The Kier molecular flexibility index (Phi) is 5.80. The van der Waals surface area contributed by atoms with Crippen LogP contribution in [0.5, 0.6) is 0 Å². The van der Waals surface area contributed by atoms with Gasteiger partial charge in [-0.3, -0.25) is 14.4 Å². The van der Waals surface area contributed by atoms with E-state index in [4.69, 9.17) is 25.9 Å². The van der Waals surface area contributed by atoms with Crippen molar-refractivity contribution in [3.63, 3.8) is 0 Å². The van der Waals surface area contributed by atoms with E-state index in [0.717, 1.165) is 16.8 Å². The number of para-hydroxylation sites is 1. The molecule has 0 amide bonds. The number of anilines is 1. The number of benzene rings is 3. The molecular formula is C27H24ClNO5. The van der Waals surface area contributed by atoms with Crippen LogP contribution in [0, 0.1) is 17.3 Å². The maximum atomic E-state index is 13.1. The highest BCUT2D eigenvalue weighted by atomic mass is 35.5. The lowest BCUT2D eigenvalue weighted by Gasteiger charge is -2.28. The van der Waals surface area contributed by atoms with E-state index in [2.05, 4.69) is 0 Å². The number of hydrogen-bond donors (Lipinski definition) is 0.